The topological polar surface area (TPSA) is 86.9 Å². The molecule has 6 nitrogen and oxygen atoms in total. The van der Waals surface area contributed by atoms with Gasteiger partial charge >= 0.3 is 0 Å². The Balaban J connectivity index is 1.81. The van der Waals surface area contributed by atoms with Crippen LogP contribution in [0.1, 0.15) is 12.5 Å². The number of hydrogen-bond donors (Lipinski definition) is 3. The molecule has 0 aliphatic rings. The first-order valence-corrected chi connectivity index (χ1v) is 7.66. The van der Waals surface area contributed by atoms with Gasteiger partial charge in [0, 0.05) is 36.6 Å². The van der Waals surface area contributed by atoms with Crippen molar-refractivity contribution in [3.05, 3.63) is 60.6 Å². The first-order chi connectivity index (χ1) is 11.6. The summed E-state index contributed by atoms with van der Waals surface area (Å²) in [5.41, 5.74) is 2.57. The molecule has 0 saturated carbocycles. The zero-order chi connectivity index (χ0) is 16.9. The summed E-state index contributed by atoms with van der Waals surface area (Å²) in [6, 6.07) is 10.7. The van der Waals surface area contributed by atoms with Crippen molar-refractivity contribution in [3.63, 3.8) is 0 Å². The van der Waals surface area contributed by atoms with Crippen LogP contribution in [0.15, 0.2) is 55.0 Å². The minimum atomic E-state index is -0.665. The minimum absolute atomic E-state index is 0.249. The van der Waals surface area contributed by atoms with Crippen LogP contribution >= 0.6 is 0 Å². The van der Waals surface area contributed by atoms with E-state index in [0.717, 1.165) is 16.5 Å². The van der Waals surface area contributed by atoms with Gasteiger partial charge in [-0.15, -0.1) is 0 Å². The molecule has 0 unspecified atom stereocenters. The molecule has 122 valence electrons. The summed E-state index contributed by atoms with van der Waals surface area (Å²) in [4.78, 5) is 31.2. The van der Waals surface area contributed by atoms with E-state index < -0.39 is 6.04 Å². The number of pyridine rings is 1. The molecule has 3 N–H and O–H groups in total. The molecule has 2 amide bonds. The number of nitrogens with one attached hydrogen (secondary N) is 3. The third kappa shape index (κ3) is 3.60. The summed E-state index contributed by atoms with van der Waals surface area (Å²) in [6.07, 6.45) is 5.47. The number of hydrogen-bond acceptors (Lipinski definition) is 3. The first kappa shape index (κ1) is 15.7. The fraction of sp³-hybridized carbons (Fsp3) is 0.167. The molecule has 0 fully saturated rings. The van der Waals surface area contributed by atoms with Gasteiger partial charge in [-0.2, -0.15) is 0 Å². The number of benzene rings is 1. The minimum Gasteiger partial charge on any atom is -0.361 e. The van der Waals surface area contributed by atoms with Crippen LogP contribution in [0.4, 0.5) is 5.69 Å². The Morgan fingerprint density at radius 3 is 2.79 bits per heavy atom. The molecular formula is C18H18N4O2. The summed E-state index contributed by atoms with van der Waals surface area (Å²) in [5, 5.41) is 6.54. The fourth-order valence-electron chi connectivity index (χ4n) is 2.64. The number of H-pyrrole nitrogens is 1. The molecule has 0 aliphatic carbocycles. The Hall–Kier alpha value is -3.15. The highest BCUT2D eigenvalue weighted by Gasteiger charge is 2.21. The van der Waals surface area contributed by atoms with Crippen molar-refractivity contribution < 1.29 is 9.59 Å². The van der Waals surface area contributed by atoms with Gasteiger partial charge in [0.1, 0.15) is 6.04 Å². The van der Waals surface area contributed by atoms with Crippen molar-refractivity contribution in [3.8, 4) is 0 Å². The SMILES string of the molecule is CC(=O)N[C@@H](Cc1c[nH]c2ccccc12)C(=O)Nc1cccnc1. The number of amides is 2. The molecule has 24 heavy (non-hydrogen) atoms. The highest BCUT2D eigenvalue weighted by atomic mass is 16.2. The second kappa shape index (κ2) is 6.95. The maximum Gasteiger partial charge on any atom is 0.247 e. The fourth-order valence-corrected chi connectivity index (χ4v) is 2.64. The Morgan fingerprint density at radius 1 is 1.21 bits per heavy atom. The number of aromatic nitrogens is 2. The summed E-state index contributed by atoms with van der Waals surface area (Å²) in [6.45, 7) is 1.40. The number of para-hydroxylation sites is 1. The molecule has 0 spiro atoms. The van der Waals surface area contributed by atoms with Gasteiger partial charge in [-0.1, -0.05) is 18.2 Å². The van der Waals surface area contributed by atoms with Gasteiger partial charge in [-0.05, 0) is 23.8 Å². The normalized spacial score (nSPS) is 11.9. The van der Waals surface area contributed by atoms with Gasteiger partial charge in [0.05, 0.1) is 11.9 Å². The quantitative estimate of drug-likeness (QED) is 0.673. The van der Waals surface area contributed by atoms with E-state index >= 15 is 0 Å². The molecule has 0 saturated heterocycles. The second-order valence-corrected chi connectivity index (χ2v) is 5.55. The predicted molar refractivity (Wildman–Crippen MR) is 92.5 cm³/mol. The standard InChI is InChI=1S/C18H18N4O2/c1-12(23)21-17(18(24)22-14-5-4-8-19-11-14)9-13-10-20-16-7-3-2-6-15(13)16/h2-8,10-11,17,20H,9H2,1H3,(H,21,23)(H,22,24)/t17-/m0/s1. The van der Waals surface area contributed by atoms with Crippen molar-refractivity contribution in [2.24, 2.45) is 0 Å². The second-order valence-electron chi connectivity index (χ2n) is 5.55. The number of carbonyl (C=O) groups excluding carboxylic acids is 2. The van der Waals surface area contributed by atoms with Crippen molar-refractivity contribution in [1.82, 2.24) is 15.3 Å². The van der Waals surface area contributed by atoms with Crippen LogP contribution in [0.2, 0.25) is 0 Å². The Bertz CT molecular complexity index is 858. The molecule has 2 heterocycles. The molecule has 0 aliphatic heterocycles. The van der Waals surface area contributed by atoms with Crippen LogP contribution in [0.5, 0.6) is 0 Å². The number of nitrogens with zero attached hydrogens (tertiary/aromatic N) is 1. The molecule has 0 radical (unpaired) electrons. The summed E-state index contributed by atoms with van der Waals surface area (Å²) >= 11 is 0. The van der Waals surface area contributed by atoms with E-state index in [4.69, 9.17) is 0 Å². The van der Waals surface area contributed by atoms with Gasteiger partial charge < -0.3 is 15.6 Å². The summed E-state index contributed by atoms with van der Waals surface area (Å²) in [7, 11) is 0. The Kier molecular flexibility index (Phi) is 4.56. The van der Waals surface area contributed by atoms with Crippen molar-refractivity contribution >= 4 is 28.4 Å². The average Bonchev–Trinajstić information content (AvgIpc) is 2.98. The van der Waals surface area contributed by atoms with Crippen LogP contribution < -0.4 is 10.6 Å². The zero-order valence-corrected chi connectivity index (χ0v) is 13.2. The van der Waals surface area contributed by atoms with Crippen LogP contribution in [0.3, 0.4) is 0 Å². The third-order valence-corrected chi connectivity index (χ3v) is 3.72. The monoisotopic (exact) mass is 322 g/mol. The molecule has 3 aromatic rings. The molecule has 6 heteroatoms. The van der Waals surface area contributed by atoms with Crippen LogP contribution in [0, 0.1) is 0 Å². The highest BCUT2D eigenvalue weighted by Crippen LogP contribution is 2.19. The van der Waals surface area contributed by atoms with Crippen molar-refractivity contribution in [1.29, 1.82) is 0 Å². The van der Waals surface area contributed by atoms with Gasteiger partial charge in [0.25, 0.3) is 0 Å². The summed E-state index contributed by atoms with van der Waals surface area (Å²) in [5.74, 6) is -0.523. The molecule has 1 aromatic carbocycles. The number of aromatic amines is 1. The van der Waals surface area contributed by atoms with E-state index in [9.17, 15) is 9.59 Å². The van der Waals surface area contributed by atoms with Crippen molar-refractivity contribution in [2.45, 2.75) is 19.4 Å². The number of carbonyl (C=O) groups is 2. The first-order valence-electron chi connectivity index (χ1n) is 7.66. The largest absolute Gasteiger partial charge is 0.361 e. The van der Waals surface area contributed by atoms with E-state index in [2.05, 4.69) is 20.6 Å². The number of rotatable bonds is 5. The third-order valence-electron chi connectivity index (χ3n) is 3.72. The molecular weight excluding hydrogens is 304 g/mol. The Labute approximate surface area is 139 Å². The van der Waals surface area contributed by atoms with Gasteiger partial charge in [0.2, 0.25) is 11.8 Å². The van der Waals surface area contributed by atoms with E-state index in [1.165, 1.54) is 6.92 Å². The lowest BCUT2D eigenvalue weighted by Crippen LogP contribution is -2.44. The molecule has 2 aromatic heterocycles. The van der Waals surface area contributed by atoms with Gasteiger partial charge in [-0.3, -0.25) is 14.6 Å². The average molecular weight is 322 g/mol. The van der Waals surface area contributed by atoms with Crippen LogP contribution in [-0.4, -0.2) is 27.8 Å². The van der Waals surface area contributed by atoms with Gasteiger partial charge in [0.15, 0.2) is 0 Å². The number of anilines is 1. The maximum atomic E-state index is 12.5. The van der Waals surface area contributed by atoms with Crippen LogP contribution in [0.25, 0.3) is 10.9 Å². The zero-order valence-electron chi connectivity index (χ0n) is 13.2. The lowest BCUT2D eigenvalue weighted by Gasteiger charge is -2.17. The van der Waals surface area contributed by atoms with E-state index in [1.807, 2.05) is 30.5 Å². The predicted octanol–water partition coefficient (Wildman–Crippen LogP) is 2.25. The van der Waals surface area contributed by atoms with Crippen molar-refractivity contribution in [2.75, 3.05) is 5.32 Å². The van der Waals surface area contributed by atoms with Crippen LogP contribution in [-0.2, 0) is 16.0 Å². The molecule has 0 bridgehead atoms. The van der Waals surface area contributed by atoms with E-state index in [0.29, 0.717) is 12.1 Å². The highest BCUT2D eigenvalue weighted by molar-refractivity contribution is 5.97. The summed E-state index contributed by atoms with van der Waals surface area (Å²) < 4.78 is 0. The molecule has 3 rings (SSSR count). The maximum absolute atomic E-state index is 12.5. The Morgan fingerprint density at radius 2 is 2.04 bits per heavy atom. The molecule has 1 atom stereocenters. The van der Waals surface area contributed by atoms with E-state index in [1.54, 1.807) is 24.5 Å². The lowest BCUT2D eigenvalue weighted by atomic mass is 10.0. The van der Waals surface area contributed by atoms with E-state index in [-0.39, 0.29) is 11.8 Å². The smallest absolute Gasteiger partial charge is 0.247 e. The van der Waals surface area contributed by atoms with Gasteiger partial charge in [-0.25, -0.2) is 0 Å². The lowest BCUT2D eigenvalue weighted by molar-refractivity contribution is -0.125. The number of fused-ring (bicyclic) bond motifs is 1.